The van der Waals surface area contributed by atoms with Crippen molar-refractivity contribution >= 4 is 38.7 Å². The van der Waals surface area contributed by atoms with Crippen molar-refractivity contribution < 1.29 is 18.4 Å². The summed E-state index contributed by atoms with van der Waals surface area (Å²) < 4.78 is 29.6. The topological polar surface area (TPSA) is 84.6 Å². The lowest BCUT2D eigenvalue weighted by molar-refractivity contribution is -0.386. The van der Waals surface area contributed by atoms with Gasteiger partial charge in [-0.05, 0) is 19.1 Å². The van der Waals surface area contributed by atoms with E-state index < -0.39 is 23.0 Å². The molecule has 0 bridgehead atoms. The number of piperazine rings is 1. The molecule has 29 heavy (non-hydrogen) atoms. The normalized spacial score (nSPS) is 14.6. The number of nitrogens with zero attached hydrogens (tertiary/aromatic N) is 5. The third-order valence-electron chi connectivity index (χ3n) is 4.73. The lowest BCUT2D eigenvalue weighted by atomic mass is 10.2. The molecule has 8 nitrogen and oxygen atoms in total. The van der Waals surface area contributed by atoms with E-state index in [0.29, 0.717) is 31.9 Å². The average molecular weight is 421 g/mol. The van der Waals surface area contributed by atoms with E-state index >= 15 is 0 Å². The Morgan fingerprint density at radius 1 is 1.17 bits per heavy atom. The Labute approximate surface area is 168 Å². The number of thiophene rings is 1. The number of hydrogen-bond acceptors (Lipinski definition) is 8. The molecule has 0 amide bonds. The molecule has 0 N–H and O–H groups in total. The summed E-state index contributed by atoms with van der Waals surface area (Å²) >= 11 is 1.62. The monoisotopic (exact) mass is 421 g/mol. The van der Waals surface area contributed by atoms with Crippen molar-refractivity contribution in [1.29, 1.82) is 0 Å². The van der Waals surface area contributed by atoms with Gasteiger partial charge in [-0.15, -0.1) is 11.3 Å². The van der Waals surface area contributed by atoms with Gasteiger partial charge < -0.3 is 14.5 Å². The Morgan fingerprint density at radius 2 is 1.90 bits per heavy atom. The molecule has 0 unspecified atom stereocenters. The number of aryl methyl sites for hydroxylation is 1. The van der Waals surface area contributed by atoms with E-state index in [4.69, 9.17) is 0 Å². The highest BCUT2D eigenvalue weighted by atomic mass is 32.1. The molecule has 2 aromatic heterocycles. The van der Waals surface area contributed by atoms with Gasteiger partial charge >= 0.3 is 12.3 Å². The number of hydrogen-bond donors (Lipinski definition) is 0. The second-order valence-corrected chi connectivity index (χ2v) is 7.77. The summed E-state index contributed by atoms with van der Waals surface area (Å²) in [5.74, 6) is 0.445. The fraction of sp³-hybridized carbons (Fsp3) is 0.333. The molecule has 1 aliphatic rings. The Hall–Kier alpha value is -3.08. The molecular formula is C18H17F2N5O3S. The van der Waals surface area contributed by atoms with Gasteiger partial charge in [0.15, 0.2) is 0 Å². The summed E-state index contributed by atoms with van der Waals surface area (Å²) in [6, 6.07) is 6.12. The van der Waals surface area contributed by atoms with E-state index in [1.807, 2.05) is 11.8 Å². The molecule has 0 radical (unpaired) electrons. The van der Waals surface area contributed by atoms with Crippen LogP contribution in [0.25, 0.3) is 10.2 Å². The van der Waals surface area contributed by atoms with Crippen LogP contribution in [-0.2, 0) is 0 Å². The molecule has 4 rings (SSSR count). The first-order valence-corrected chi connectivity index (χ1v) is 9.68. The van der Waals surface area contributed by atoms with E-state index in [9.17, 15) is 18.9 Å². The number of aromatic nitrogens is 2. The predicted octanol–water partition coefficient (Wildman–Crippen LogP) is 3.84. The minimum atomic E-state index is -3.13. The van der Waals surface area contributed by atoms with Crippen molar-refractivity contribution in [1.82, 2.24) is 9.97 Å². The summed E-state index contributed by atoms with van der Waals surface area (Å²) in [7, 11) is 0. The van der Waals surface area contributed by atoms with Crippen molar-refractivity contribution in [2.24, 2.45) is 0 Å². The molecule has 0 aliphatic carbocycles. The number of anilines is 2. The van der Waals surface area contributed by atoms with Crippen LogP contribution in [-0.4, -0.2) is 47.7 Å². The molecule has 3 heterocycles. The maximum absolute atomic E-state index is 12.6. The second kappa shape index (κ2) is 7.74. The standard InChI is InChI=1S/C18H17F2N5O3S/c1-11-8-13-16(21-10-22-17(13)29-11)24-6-4-23(5-7-24)12-2-3-14(25(26)27)15(9-12)28-18(19)20/h2-3,8-10,18H,4-7H2,1H3. The zero-order chi connectivity index (χ0) is 20.5. The first kappa shape index (κ1) is 19.2. The van der Waals surface area contributed by atoms with E-state index in [2.05, 4.69) is 25.7 Å². The van der Waals surface area contributed by atoms with Crippen molar-refractivity contribution in [3.05, 3.63) is 45.6 Å². The van der Waals surface area contributed by atoms with Crippen LogP contribution in [0.1, 0.15) is 4.88 Å². The quantitative estimate of drug-likeness (QED) is 0.457. The highest BCUT2D eigenvalue weighted by Gasteiger charge is 2.24. The van der Waals surface area contributed by atoms with Crippen LogP contribution in [0.5, 0.6) is 5.75 Å². The Kier molecular flexibility index (Phi) is 5.14. The van der Waals surface area contributed by atoms with Crippen LogP contribution in [0.15, 0.2) is 30.6 Å². The van der Waals surface area contributed by atoms with Crippen LogP contribution >= 0.6 is 11.3 Å². The average Bonchev–Trinajstić information content (AvgIpc) is 3.07. The summed E-state index contributed by atoms with van der Waals surface area (Å²) in [4.78, 5) is 25.3. The van der Waals surface area contributed by atoms with Crippen molar-refractivity contribution in [2.45, 2.75) is 13.5 Å². The van der Waals surface area contributed by atoms with Gasteiger partial charge in [-0.3, -0.25) is 10.1 Å². The zero-order valence-electron chi connectivity index (χ0n) is 15.4. The predicted molar refractivity (Wildman–Crippen MR) is 106 cm³/mol. The fourth-order valence-corrected chi connectivity index (χ4v) is 4.27. The highest BCUT2D eigenvalue weighted by Crippen LogP contribution is 2.34. The van der Waals surface area contributed by atoms with Gasteiger partial charge in [0, 0.05) is 48.9 Å². The van der Waals surface area contributed by atoms with Gasteiger partial charge in [-0.25, -0.2) is 9.97 Å². The lowest BCUT2D eigenvalue weighted by Crippen LogP contribution is -2.46. The Morgan fingerprint density at radius 3 is 2.59 bits per heavy atom. The number of halogens is 2. The van der Waals surface area contributed by atoms with Gasteiger partial charge in [0.05, 0.1) is 10.3 Å². The van der Waals surface area contributed by atoms with E-state index in [1.165, 1.54) is 12.1 Å². The molecule has 1 aromatic carbocycles. The molecule has 11 heteroatoms. The SMILES string of the molecule is Cc1cc2c(N3CCN(c4ccc([N+](=O)[O-])c(OC(F)F)c4)CC3)ncnc2s1. The zero-order valence-corrected chi connectivity index (χ0v) is 16.2. The molecule has 0 saturated carbocycles. The van der Waals surface area contributed by atoms with Crippen molar-refractivity contribution in [3.8, 4) is 5.75 Å². The number of fused-ring (bicyclic) bond motifs is 1. The molecule has 3 aromatic rings. The number of nitro groups is 1. The smallest absolute Gasteiger partial charge is 0.387 e. The number of nitro benzene ring substituents is 1. The van der Waals surface area contributed by atoms with Crippen molar-refractivity contribution in [3.63, 3.8) is 0 Å². The van der Waals surface area contributed by atoms with E-state index in [1.54, 1.807) is 23.7 Å². The molecular weight excluding hydrogens is 404 g/mol. The van der Waals surface area contributed by atoms with Crippen LogP contribution in [0.4, 0.5) is 26.0 Å². The second-order valence-electron chi connectivity index (χ2n) is 6.53. The minimum Gasteiger partial charge on any atom is -0.427 e. The highest BCUT2D eigenvalue weighted by molar-refractivity contribution is 7.18. The molecule has 152 valence electrons. The number of benzene rings is 1. The summed E-state index contributed by atoms with van der Waals surface area (Å²) in [6.45, 7) is 1.46. The summed E-state index contributed by atoms with van der Waals surface area (Å²) in [5.41, 5.74) is 0.119. The maximum atomic E-state index is 12.6. The maximum Gasteiger partial charge on any atom is 0.387 e. The third kappa shape index (κ3) is 3.90. The molecule has 1 saturated heterocycles. The van der Waals surface area contributed by atoms with Gasteiger partial charge in [0.2, 0.25) is 5.75 Å². The molecule has 0 atom stereocenters. The first-order chi connectivity index (χ1) is 13.9. The third-order valence-corrected chi connectivity index (χ3v) is 5.69. The lowest BCUT2D eigenvalue weighted by Gasteiger charge is -2.37. The molecule has 1 fully saturated rings. The van der Waals surface area contributed by atoms with Gasteiger partial charge in [-0.2, -0.15) is 8.78 Å². The fourth-order valence-electron chi connectivity index (χ4n) is 3.43. The Balaban J connectivity index is 1.53. The van der Waals surface area contributed by atoms with Gasteiger partial charge in [0.1, 0.15) is 17.0 Å². The number of alkyl halides is 2. The van der Waals surface area contributed by atoms with Crippen LogP contribution in [0.2, 0.25) is 0 Å². The molecule has 1 aliphatic heterocycles. The molecule has 0 spiro atoms. The van der Waals surface area contributed by atoms with Crippen molar-refractivity contribution in [2.75, 3.05) is 36.0 Å². The number of ether oxygens (including phenoxy) is 1. The first-order valence-electron chi connectivity index (χ1n) is 8.86. The van der Waals surface area contributed by atoms with Gasteiger partial charge in [0.25, 0.3) is 0 Å². The Bertz CT molecular complexity index is 1050. The summed E-state index contributed by atoms with van der Waals surface area (Å²) in [5, 5.41) is 12.1. The van der Waals surface area contributed by atoms with E-state index in [0.717, 1.165) is 20.9 Å². The van der Waals surface area contributed by atoms with E-state index in [-0.39, 0.29) is 0 Å². The van der Waals surface area contributed by atoms with Crippen LogP contribution < -0.4 is 14.5 Å². The van der Waals surface area contributed by atoms with Crippen LogP contribution in [0.3, 0.4) is 0 Å². The largest absolute Gasteiger partial charge is 0.427 e. The van der Waals surface area contributed by atoms with Crippen LogP contribution in [0, 0.1) is 17.0 Å². The summed E-state index contributed by atoms with van der Waals surface area (Å²) in [6.07, 6.45) is 1.56. The van der Waals surface area contributed by atoms with Gasteiger partial charge in [-0.1, -0.05) is 0 Å². The minimum absolute atomic E-state index is 0.434. The number of rotatable bonds is 5.